The Kier molecular flexibility index (Phi) is 6.05. The van der Waals surface area contributed by atoms with Crippen LogP contribution in [-0.2, 0) is 4.79 Å². The molecule has 1 fully saturated rings. The summed E-state index contributed by atoms with van der Waals surface area (Å²) < 4.78 is 18.3. The summed E-state index contributed by atoms with van der Waals surface area (Å²) in [5, 5.41) is 5.94. The van der Waals surface area contributed by atoms with Crippen molar-refractivity contribution in [1.29, 1.82) is 0 Å². The number of nitrogens with one attached hydrogen (secondary N) is 2. The fraction of sp³-hybridized carbons (Fsp3) is 0.462. The van der Waals surface area contributed by atoms with Gasteiger partial charge in [0.2, 0.25) is 5.91 Å². The van der Waals surface area contributed by atoms with E-state index < -0.39 is 5.82 Å². The van der Waals surface area contributed by atoms with Crippen molar-refractivity contribution in [3.8, 4) is 5.75 Å². The largest absolute Gasteiger partial charge is 0.495 e. The second kappa shape index (κ2) is 7.31. The predicted molar refractivity (Wildman–Crippen MR) is 74.4 cm³/mol. The maximum atomic E-state index is 13.2. The lowest BCUT2D eigenvalue weighted by Gasteiger charge is -2.22. The van der Waals surface area contributed by atoms with Crippen molar-refractivity contribution >= 4 is 24.0 Å². The van der Waals surface area contributed by atoms with E-state index in [1.807, 2.05) is 0 Å². The van der Waals surface area contributed by atoms with E-state index in [0.29, 0.717) is 11.4 Å². The quantitative estimate of drug-likeness (QED) is 0.896. The van der Waals surface area contributed by atoms with E-state index in [2.05, 4.69) is 10.6 Å². The average molecular weight is 289 g/mol. The molecule has 1 saturated heterocycles. The van der Waals surface area contributed by atoms with E-state index in [-0.39, 0.29) is 24.2 Å². The van der Waals surface area contributed by atoms with Gasteiger partial charge in [0.15, 0.2) is 0 Å². The van der Waals surface area contributed by atoms with E-state index in [1.165, 1.54) is 25.3 Å². The van der Waals surface area contributed by atoms with Gasteiger partial charge in [-0.05, 0) is 38.1 Å². The predicted octanol–water partition coefficient (Wildman–Crippen LogP) is 2.19. The fourth-order valence-corrected chi connectivity index (χ4v) is 2.10. The number of methoxy groups -OCH3 is 1. The molecule has 106 valence electrons. The van der Waals surface area contributed by atoms with Gasteiger partial charge >= 0.3 is 0 Å². The van der Waals surface area contributed by atoms with Gasteiger partial charge in [-0.15, -0.1) is 12.4 Å². The first-order chi connectivity index (χ1) is 8.70. The van der Waals surface area contributed by atoms with Crippen LogP contribution in [0.25, 0.3) is 0 Å². The van der Waals surface area contributed by atoms with E-state index in [0.717, 1.165) is 25.9 Å². The Labute approximate surface area is 118 Å². The molecule has 2 rings (SSSR count). The zero-order chi connectivity index (χ0) is 13.0. The highest BCUT2D eigenvalue weighted by Gasteiger charge is 2.21. The maximum Gasteiger partial charge on any atom is 0.227 e. The Morgan fingerprint density at radius 3 is 2.74 bits per heavy atom. The lowest BCUT2D eigenvalue weighted by atomic mass is 9.97. The molecule has 0 aliphatic carbocycles. The molecule has 1 aromatic rings. The van der Waals surface area contributed by atoms with Gasteiger partial charge in [-0.2, -0.15) is 0 Å². The van der Waals surface area contributed by atoms with Crippen LogP contribution >= 0.6 is 12.4 Å². The minimum atomic E-state index is -0.392. The molecule has 0 spiro atoms. The topological polar surface area (TPSA) is 50.4 Å². The molecule has 19 heavy (non-hydrogen) atoms. The van der Waals surface area contributed by atoms with Crippen LogP contribution in [0.1, 0.15) is 12.8 Å². The fourth-order valence-electron chi connectivity index (χ4n) is 2.10. The van der Waals surface area contributed by atoms with Crippen LogP contribution in [0.5, 0.6) is 5.75 Å². The Bertz CT molecular complexity index is 437. The first kappa shape index (κ1) is 15.7. The van der Waals surface area contributed by atoms with Crippen molar-refractivity contribution in [3.63, 3.8) is 0 Å². The van der Waals surface area contributed by atoms with Crippen LogP contribution in [0.3, 0.4) is 0 Å². The lowest BCUT2D eigenvalue weighted by molar-refractivity contribution is -0.120. The zero-order valence-corrected chi connectivity index (χ0v) is 11.6. The number of hydrogen-bond acceptors (Lipinski definition) is 3. The van der Waals surface area contributed by atoms with Crippen LogP contribution in [0.4, 0.5) is 10.1 Å². The Morgan fingerprint density at radius 2 is 2.11 bits per heavy atom. The van der Waals surface area contributed by atoms with Crippen molar-refractivity contribution in [2.75, 3.05) is 25.5 Å². The summed E-state index contributed by atoms with van der Waals surface area (Å²) in [7, 11) is 1.49. The van der Waals surface area contributed by atoms with E-state index in [9.17, 15) is 9.18 Å². The summed E-state index contributed by atoms with van der Waals surface area (Å²) in [6.45, 7) is 1.69. The van der Waals surface area contributed by atoms with Gasteiger partial charge in [-0.1, -0.05) is 0 Å². The third-order valence-electron chi connectivity index (χ3n) is 3.13. The Hall–Kier alpha value is -1.33. The molecule has 2 N–H and O–H groups in total. The molecule has 4 nitrogen and oxygen atoms in total. The molecular formula is C13H18ClFN2O2. The van der Waals surface area contributed by atoms with Crippen molar-refractivity contribution in [2.24, 2.45) is 5.92 Å². The standard InChI is InChI=1S/C13H17FN2O2.ClH/c1-18-12-3-2-10(14)8-11(12)16-13(17)9-4-6-15-7-5-9;/h2-3,8-9,15H,4-7H2,1H3,(H,16,17);1H. The number of carbonyl (C=O) groups is 1. The van der Waals surface area contributed by atoms with E-state index in [1.54, 1.807) is 0 Å². The number of halogens is 2. The van der Waals surface area contributed by atoms with Gasteiger partial charge in [0.05, 0.1) is 12.8 Å². The van der Waals surface area contributed by atoms with Gasteiger partial charge in [0.25, 0.3) is 0 Å². The summed E-state index contributed by atoms with van der Waals surface area (Å²) in [6.07, 6.45) is 1.62. The molecule has 1 aromatic carbocycles. The number of benzene rings is 1. The average Bonchev–Trinajstić information content (AvgIpc) is 2.40. The highest BCUT2D eigenvalue weighted by molar-refractivity contribution is 5.94. The summed E-state index contributed by atoms with van der Waals surface area (Å²) in [6, 6.07) is 4.09. The van der Waals surface area contributed by atoms with Crippen molar-refractivity contribution in [1.82, 2.24) is 5.32 Å². The van der Waals surface area contributed by atoms with Crippen LogP contribution in [0.15, 0.2) is 18.2 Å². The summed E-state index contributed by atoms with van der Waals surface area (Å²) in [5.41, 5.74) is 0.390. The Morgan fingerprint density at radius 1 is 1.42 bits per heavy atom. The number of ether oxygens (including phenoxy) is 1. The van der Waals surface area contributed by atoms with Gasteiger partial charge in [0.1, 0.15) is 11.6 Å². The van der Waals surface area contributed by atoms with Crippen molar-refractivity contribution in [3.05, 3.63) is 24.0 Å². The van der Waals surface area contributed by atoms with Crippen molar-refractivity contribution < 1.29 is 13.9 Å². The van der Waals surface area contributed by atoms with Crippen molar-refractivity contribution in [2.45, 2.75) is 12.8 Å². The van der Waals surface area contributed by atoms with Gasteiger partial charge in [-0.25, -0.2) is 4.39 Å². The minimum absolute atomic E-state index is 0. The molecule has 1 aliphatic rings. The first-order valence-electron chi connectivity index (χ1n) is 6.06. The molecule has 0 aromatic heterocycles. The number of amides is 1. The smallest absolute Gasteiger partial charge is 0.227 e. The number of hydrogen-bond donors (Lipinski definition) is 2. The number of piperidine rings is 1. The van der Waals surface area contributed by atoms with Gasteiger partial charge < -0.3 is 15.4 Å². The van der Waals surface area contributed by atoms with Crippen LogP contribution < -0.4 is 15.4 Å². The lowest BCUT2D eigenvalue weighted by Crippen LogP contribution is -2.34. The van der Waals surface area contributed by atoms with Crippen LogP contribution in [0.2, 0.25) is 0 Å². The van der Waals surface area contributed by atoms with E-state index >= 15 is 0 Å². The molecule has 0 saturated carbocycles. The molecule has 1 amide bonds. The normalized spacial score (nSPS) is 15.5. The second-order valence-electron chi connectivity index (χ2n) is 4.36. The van der Waals surface area contributed by atoms with Crippen LogP contribution in [0, 0.1) is 11.7 Å². The third kappa shape index (κ3) is 4.08. The molecule has 6 heteroatoms. The van der Waals surface area contributed by atoms with Crippen LogP contribution in [-0.4, -0.2) is 26.1 Å². The molecule has 0 radical (unpaired) electrons. The minimum Gasteiger partial charge on any atom is -0.495 e. The summed E-state index contributed by atoms with van der Waals surface area (Å²) >= 11 is 0. The molecule has 1 heterocycles. The molecular weight excluding hydrogens is 271 g/mol. The highest BCUT2D eigenvalue weighted by Crippen LogP contribution is 2.26. The van der Waals surface area contributed by atoms with E-state index in [4.69, 9.17) is 4.74 Å². The third-order valence-corrected chi connectivity index (χ3v) is 3.13. The zero-order valence-electron chi connectivity index (χ0n) is 10.7. The monoisotopic (exact) mass is 288 g/mol. The van der Waals surface area contributed by atoms with Gasteiger partial charge in [-0.3, -0.25) is 4.79 Å². The summed E-state index contributed by atoms with van der Waals surface area (Å²) in [5.74, 6) is -0.00489. The molecule has 0 atom stereocenters. The molecule has 0 bridgehead atoms. The SMILES string of the molecule is COc1ccc(F)cc1NC(=O)C1CCNCC1.Cl. The number of carbonyl (C=O) groups excluding carboxylic acids is 1. The molecule has 0 unspecified atom stereocenters. The molecule has 1 aliphatic heterocycles. The maximum absolute atomic E-state index is 13.2. The number of rotatable bonds is 3. The highest BCUT2D eigenvalue weighted by atomic mass is 35.5. The first-order valence-corrected chi connectivity index (χ1v) is 6.06. The number of anilines is 1. The Balaban J connectivity index is 0.00000180. The van der Waals surface area contributed by atoms with Gasteiger partial charge in [0, 0.05) is 12.0 Å². The second-order valence-corrected chi connectivity index (χ2v) is 4.36. The summed E-state index contributed by atoms with van der Waals surface area (Å²) in [4.78, 5) is 12.0.